The third-order valence-corrected chi connectivity index (χ3v) is 4.29. The number of hydrogen-bond donors (Lipinski definition) is 3. The van der Waals surface area contributed by atoms with E-state index < -0.39 is 12.1 Å². The van der Waals surface area contributed by atoms with E-state index in [0.717, 1.165) is 5.56 Å². The van der Waals surface area contributed by atoms with Crippen molar-refractivity contribution in [3.63, 3.8) is 0 Å². The first-order valence-electron chi connectivity index (χ1n) is 8.10. The molecule has 1 heterocycles. The molecular weight excluding hydrogens is 354 g/mol. The third-order valence-electron chi connectivity index (χ3n) is 3.96. The van der Waals surface area contributed by atoms with Crippen molar-refractivity contribution in [1.82, 2.24) is 5.32 Å². The minimum absolute atomic E-state index is 0.145. The Hall–Kier alpha value is -2.60. The first-order chi connectivity index (χ1) is 12.5. The van der Waals surface area contributed by atoms with Gasteiger partial charge in [-0.25, -0.2) is 4.79 Å². The van der Waals surface area contributed by atoms with Crippen LogP contribution in [0.4, 0.5) is 0 Å². The summed E-state index contributed by atoms with van der Waals surface area (Å²) in [5.41, 5.74) is 1.52. The highest BCUT2D eigenvalue weighted by Crippen LogP contribution is 2.30. The van der Waals surface area contributed by atoms with Crippen molar-refractivity contribution in [1.29, 1.82) is 0 Å². The summed E-state index contributed by atoms with van der Waals surface area (Å²) < 4.78 is 5.75. The topological polar surface area (TPSA) is 82.7 Å². The van der Waals surface area contributed by atoms with Gasteiger partial charge in [-0.05, 0) is 35.9 Å². The number of aliphatic hydroxyl groups excluding tert-OH is 1. The summed E-state index contributed by atoms with van der Waals surface area (Å²) in [6, 6.07) is 17.4. The first-order valence-corrected chi connectivity index (χ1v) is 8.48. The van der Waals surface area contributed by atoms with Crippen molar-refractivity contribution in [2.45, 2.75) is 12.6 Å². The zero-order valence-electron chi connectivity index (χ0n) is 13.9. The van der Waals surface area contributed by atoms with E-state index in [1.807, 2.05) is 30.3 Å². The van der Waals surface area contributed by atoms with Gasteiger partial charge in [-0.1, -0.05) is 41.9 Å². The largest absolute Gasteiger partial charge is 0.478 e. The van der Waals surface area contributed by atoms with Crippen LogP contribution in [-0.4, -0.2) is 22.7 Å². The molecule has 1 atom stereocenters. The predicted molar refractivity (Wildman–Crippen MR) is 99.2 cm³/mol. The number of benzene rings is 2. The third kappa shape index (κ3) is 4.32. The van der Waals surface area contributed by atoms with Gasteiger partial charge in [-0.15, -0.1) is 0 Å². The smallest absolute Gasteiger partial charge is 0.335 e. The molecule has 0 radical (unpaired) electrons. The van der Waals surface area contributed by atoms with Crippen LogP contribution in [0.25, 0.3) is 11.3 Å². The summed E-state index contributed by atoms with van der Waals surface area (Å²) in [7, 11) is 0. The van der Waals surface area contributed by atoms with Gasteiger partial charge < -0.3 is 19.9 Å². The molecule has 3 rings (SSSR count). The monoisotopic (exact) mass is 371 g/mol. The van der Waals surface area contributed by atoms with Gasteiger partial charge in [-0.2, -0.15) is 0 Å². The Labute approximate surface area is 155 Å². The van der Waals surface area contributed by atoms with E-state index in [9.17, 15) is 9.90 Å². The van der Waals surface area contributed by atoms with Crippen molar-refractivity contribution >= 4 is 17.6 Å². The minimum Gasteiger partial charge on any atom is -0.478 e. The van der Waals surface area contributed by atoms with Gasteiger partial charge in [0.1, 0.15) is 11.5 Å². The molecule has 0 amide bonds. The molecule has 3 aromatic rings. The summed E-state index contributed by atoms with van der Waals surface area (Å²) in [6.07, 6.45) is -0.604. The van der Waals surface area contributed by atoms with Crippen LogP contribution >= 0.6 is 11.6 Å². The maximum atomic E-state index is 11.1. The van der Waals surface area contributed by atoms with Crippen molar-refractivity contribution in [2.75, 3.05) is 6.54 Å². The molecule has 0 bridgehead atoms. The van der Waals surface area contributed by atoms with Crippen LogP contribution in [0.2, 0.25) is 5.02 Å². The number of furan rings is 1. The second kappa shape index (κ2) is 8.19. The number of carboxylic acids is 1. The van der Waals surface area contributed by atoms with Gasteiger partial charge in [0, 0.05) is 12.1 Å². The SMILES string of the molecule is O=C(O)c1ccc(Cl)c(-c2ccc(CNCC(O)c3ccccc3)o2)c1. The van der Waals surface area contributed by atoms with Gasteiger partial charge in [0.05, 0.1) is 23.2 Å². The Morgan fingerprint density at radius 2 is 1.88 bits per heavy atom. The molecule has 0 aliphatic carbocycles. The molecule has 5 nitrogen and oxygen atoms in total. The Kier molecular flexibility index (Phi) is 5.73. The van der Waals surface area contributed by atoms with E-state index in [-0.39, 0.29) is 5.56 Å². The lowest BCUT2D eigenvalue weighted by molar-refractivity contribution is 0.0697. The number of hydrogen-bond acceptors (Lipinski definition) is 4. The Bertz CT molecular complexity index is 892. The van der Waals surface area contributed by atoms with E-state index in [2.05, 4.69) is 5.32 Å². The number of carbonyl (C=O) groups is 1. The van der Waals surface area contributed by atoms with E-state index in [1.165, 1.54) is 18.2 Å². The number of halogens is 1. The zero-order valence-corrected chi connectivity index (χ0v) is 14.6. The highest BCUT2D eigenvalue weighted by Gasteiger charge is 2.13. The summed E-state index contributed by atoms with van der Waals surface area (Å²) in [5.74, 6) is 0.141. The molecule has 0 fully saturated rings. The molecular formula is C20H18ClNO4. The maximum absolute atomic E-state index is 11.1. The standard InChI is InChI=1S/C20H18ClNO4/c21-17-8-6-14(20(24)25)10-16(17)19-9-7-15(26-19)11-22-12-18(23)13-4-2-1-3-5-13/h1-10,18,22-23H,11-12H2,(H,24,25). The van der Waals surface area contributed by atoms with E-state index in [1.54, 1.807) is 12.1 Å². The molecule has 0 saturated carbocycles. The lowest BCUT2D eigenvalue weighted by atomic mass is 10.1. The number of carboxylic acid groups (broad SMARTS) is 1. The molecule has 3 N–H and O–H groups in total. The van der Waals surface area contributed by atoms with Crippen molar-refractivity contribution < 1.29 is 19.4 Å². The highest BCUT2D eigenvalue weighted by molar-refractivity contribution is 6.33. The summed E-state index contributed by atoms with van der Waals surface area (Å²) in [6.45, 7) is 0.815. The molecule has 1 aromatic heterocycles. The number of aromatic carboxylic acids is 1. The molecule has 2 aromatic carbocycles. The average molecular weight is 372 g/mol. The lowest BCUT2D eigenvalue weighted by Crippen LogP contribution is -2.20. The number of rotatable bonds is 7. The summed E-state index contributed by atoms with van der Waals surface area (Å²) in [4.78, 5) is 11.1. The second-order valence-corrected chi connectivity index (χ2v) is 6.23. The number of nitrogens with one attached hydrogen (secondary N) is 1. The minimum atomic E-state index is -1.02. The quantitative estimate of drug-likeness (QED) is 0.582. The van der Waals surface area contributed by atoms with E-state index >= 15 is 0 Å². The molecule has 0 saturated heterocycles. The summed E-state index contributed by atoms with van der Waals surface area (Å²) in [5, 5.41) is 22.8. The van der Waals surface area contributed by atoms with Crippen LogP contribution in [0, 0.1) is 0 Å². The second-order valence-electron chi connectivity index (χ2n) is 5.82. The Balaban J connectivity index is 1.63. The van der Waals surface area contributed by atoms with Gasteiger partial charge in [0.25, 0.3) is 0 Å². The van der Waals surface area contributed by atoms with Crippen LogP contribution in [0.5, 0.6) is 0 Å². The van der Waals surface area contributed by atoms with Crippen LogP contribution in [0.1, 0.15) is 27.8 Å². The van der Waals surface area contributed by atoms with Crippen LogP contribution in [0.15, 0.2) is 65.1 Å². The normalized spacial score (nSPS) is 12.1. The Morgan fingerprint density at radius 1 is 1.12 bits per heavy atom. The fourth-order valence-corrected chi connectivity index (χ4v) is 2.80. The molecule has 6 heteroatoms. The fraction of sp³-hybridized carbons (Fsp3) is 0.150. The fourth-order valence-electron chi connectivity index (χ4n) is 2.59. The van der Waals surface area contributed by atoms with Gasteiger partial charge in [0.2, 0.25) is 0 Å². The molecule has 0 spiro atoms. The van der Waals surface area contributed by atoms with Gasteiger partial charge >= 0.3 is 5.97 Å². The predicted octanol–water partition coefficient (Wildman–Crippen LogP) is 4.12. The number of aliphatic hydroxyl groups is 1. The van der Waals surface area contributed by atoms with E-state index in [4.69, 9.17) is 21.1 Å². The molecule has 0 aliphatic heterocycles. The lowest BCUT2D eigenvalue weighted by Gasteiger charge is -2.11. The van der Waals surface area contributed by atoms with E-state index in [0.29, 0.717) is 35.2 Å². The molecule has 1 unspecified atom stereocenters. The van der Waals surface area contributed by atoms with Gasteiger partial charge in [0.15, 0.2) is 0 Å². The molecule has 26 heavy (non-hydrogen) atoms. The molecule has 0 aliphatic rings. The van der Waals surface area contributed by atoms with Crippen molar-refractivity contribution in [3.8, 4) is 11.3 Å². The summed E-state index contributed by atoms with van der Waals surface area (Å²) >= 11 is 6.16. The average Bonchev–Trinajstić information content (AvgIpc) is 3.11. The first kappa shape index (κ1) is 18.2. The van der Waals surface area contributed by atoms with Gasteiger partial charge in [-0.3, -0.25) is 0 Å². The highest BCUT2D eigenvalue weighted by atomic mass is 35.5. The van der Waals surface area contributed by atoms with Crippen LogP contribution in [0.3, 0.4) is 0 Å². The van der Waals surface area contributed by atoms with Crippen molar-refractivity contribution in [3.05, 3.63) is 82.6 Å². The van der Waals surface area contributed by atoms with Crippen LogP contribution in [-0.2, 0) is 6.54 Å². The Morgan fingerprint density at radius 3 is 2.62 bits per heavy atom. The van der Waals surface area contributed by atoms with Crippen LogP contribution < -0.4 is 5.32 Å². The zero-order chi connectivity index (χ0) is 18.5. The molecule has 134 valence electrons. The van der Waals surface area contributed by atoms with Crippen molar-refractivity contribution in [2.24, 2.45) is 0 Å². The maximum Gasteiger partial charge on any atom is 0.335 e.